The second-order valence-corrected chi connectivity index (χ2v) is 5.88. The van der Waals surface area contributed by atoms with Crippen LogP contribution in [0.2, 0.25) is 0 Å². The van der Waals surface area contributed by atoms with Crippen LogP contribution in [0.25, 0.3) is 0 Å². The highest BCUT2D eigenvalue weighted by Crippen LogP contribution is 2.38. The third-order valence-electron chi connectivity index (χ3n) is 3.55. The van der Waals surface area contributed by atoms with Crippen LogP contribution in [-0.4, -0.2) is 37.9 Å². The summed E-state index contributed by atoms with van der Waals surface area (Å²) in [4.78, 5) is 12.2. The van der Waals surface area contributed by atoms with Gasteiger partial charge in [0, 0.05) is 23.2 Å². The van der Waals surface area contributed by atoms with Crippen molar-refractivity contribution in [2.45, 2.75) is 25.0 Å². The fraction of sp³-hybridized carbons (Fsp3) is 0.500. The van der Waals surface area contributed by atoms with E-state index in [1.54, 1.807) is 12.1 Å². The van der Waals surface area contributed by atoms with Gasteiger partial charge in [0.05, 0.1) is 11.8 Å². The standard InChI is InChI=1S/C14H17BrN2O4/c15-9-5-12-13(20-4-3-19-12)6-10(9)17-14(18)11-2-1-8(7-16)21-11/h5-6,8,11H,1-4,7,16H2,(H,17,18). The second kappa shape index (κ2) is 6.21. The van der Waals surface area contributed by atoms with Crippen molar-refractivity contribution in [1.82, 2.24) is 0 Å². The van der Waals surface area contributed by atoms with E-state index in [4.69, 9.17) is 19.9 Å². The molecule has 21 heavy (non-hydrogen) atoms. The molecule has 6 nitrogen and oxygen atoms in total. The minimum atomic E-state index is -0.446. The van der Waals surface area contributed by atoms with Gasteiger partial charge in [0.2, 0.25) is 0 Å². The van der Waals surface area contributed by atoms with Gasteiger partial charge in [-0.15, -0.1) is 0 Å². The Kier molecular flexibility index (Phi) is 4.32. The summed E-state index contributed by atoms with van der Waals surface area (Å²) < 4.78 is 17.3. The molecule has 0 spiro atoms. The van der Waals surface area contributed by atoms with Crippen LogP contribution >= 0.6 is 15.9 Å². The molecule has 114 valence electrons. The highest BCUT2D eigenvalue weighted by Gasteiger charge is 2.30. The van der Waals surface area contributed by atoms with Crippen molar-refractivity contribution in [2.75, 3.05) is 25.1 Å². The number of amides is 1. The molecule has 0 saturated carbocycles. The van der Waals surface area contributed by atoms with E-state index in [1.165, 1.54) is 0 Å². The lowest BCUT2D eigenvalue weighted by Crippen LogP contribution is -2.30. The number of carbonyl (C=O) groups is 1. The molecule has 1 aromatic carbocycles. The molecular weight excluding hydrogens is 340 g/mol. The largest absolute Gasteiger partial charge is 0.486 e. The number of nitrogens with two attached hydrogens (primary N) is 1. The lowest BCUT2D eigenvalue weighted by Gasteiger charge is -2.20. The molecule has 1 fully saturated rings. The maximum Gasteiger partial charge on any atom is 0.253 e. The van der Waals surface area contributed by atoms with E-state index in [1.807, 2.05) is 0 Å². The average Bonchev–Trinajstić information content (AvgIpc) is 2.97. The number of halogens is 1. The number of benzene rings is 1. The molecule has 2 unspecified atom stereocenters. The first kappa shape index (κ1) is 14.6. The van der Waals surface area contributed by atoms with Crippen LogP contribution in [0, 0.1) is 0 Å². The molecule has 3 rings (SSSR count). The minimum Gasteiger partial charge on any atom is -0.486 e. The number of rotatable bonds is 3. The number of hydrogen-bond acceptors (Lipinski definition) is 5. The van der Waals surface area contributed by atoms with Crippen molar-refractivity contribution in [3.8, 4) is 11.5 Å². The van der Waals surface area contributed by atoms with E-state index >= 15 is 0 Å². The van der Waals surface area contributed by atoms with Crippen molar-refractivity contribution in [3.05, 3.63) is 16.6 Å². The SMILES string of the molecule is NCC1CCC(C(=O)Nc2cc3c(cc2Br)OCCO3)O1. The van der Waals surface area contributed by atoms with Crippen LogP contribution in [0.5, 0.6) is 11.5 Å². The monoisotopic (exact) mass is 356 g/mol. The van der Waals surface area contributed by atoms with Gasteiger partial charge >= 0.3 is 0 Å². The number of ether oxygens (including phenoxy) is 3. The van der Waals surface area contributed by atoms with Gasteiger partial charge in [-0.1, -0.05) is 0 Å². The maximum atomic E-state index is 12.2. The highest BCUT2D eigenvalue weighted by molar-refractivity contribution is 9.10. The Balaban J connectivity index is 1.71. The minimum absolute atomic E-state index is 0.0237. The fourth-order valence-electron chi connectivity index (χ4n) is 2.44. The van der Waals surface area contributed by atoms with E-state index in [-0.39, 0.29) is 12.0 Å². The first-order chi connectivity index (χ1) is 10.2. The molecule has 1 aromatic rings. The van der Waals surface area contributed by atoms with Crippen LogP contribution < -0.4 is 20.5 Å². The third-order valence-corrected chi connectivity index (χ3v) is 4.21. The fourth-order valence-corrected chi connectivity index (χ4v) is 2.87. The van der Waals surface area contributed by atoms with Gasteiger partial charge in [-0.2, -0.15) is 0 Å². The summed E-state index contributed by atoms with van der Waals surface area (Å²) in [5.74, 6) is 1.14. The normalized spacial score (nSPS) is 23.9. The lowest BCUT2D eigenvalue weighted by molar-refractivity contribution is -0.126. The summed E-state index contributed by atoms with van der Waals surface area (Å²) in [6, 6.07) is 3.55. The Bertz CT molecular complexity index is 552. The van der Waals surface area contributed by atoms with E-state index < -0.39 is 6.10 Å². The van der Waals surface area contributed by atoms with Crippen LogP contribution in [0.15, 0.2) is 16.6 Å². The summed E-state index contributed by atoms with van der Waals surface area (Å²) in [6.07, 6.45) is 1.04. The van der Waals surface area contributed by atoms with Gasteiger partial charge in [-0.3, -0.25) is 4.79 Å². The first-order valence-electron chi connectivity index (χ1n) is 6.93. The summed E-state index contributed by atoms with van der Waals surface area (Å²) in [6.45, 7) is 1.48. The Labute approximate surface area is 131 Å². The Hall–Kier alpha value is -1.31. The zero-order chi connectivity index (χ0) is 14.8. The summed E-state index contributed by atoms with van der Waals surface area (Å²) in [5.41, 5.74) is 6.20. The Morgan fingerprint density at radius 3 is 2.67 bits per heavy atom. The van der Waals surface area contributed by atoms with E-state index in [0.29, 0.717) is 43.4 Å². The highest BCUT2D eigenvalue weighted by atomic mass is 79.9. The molecule has 2 aliphatic heterocycles. The maximum absolute atomic E-state index is 12.2. The number of anilines is 1. The van der Waals surface area contributed by atoms with Crippen molar-refractivity contribution in [1.29, 1.82) is 0 Å². The molecule has 2 aliphatic rings. The predicted octanol–water partition coefficient (Wildman–Crippen LogP) is 1.67. The topological polar surface area (TPSA) is 82.8 Å². The molecule has 0 radical (unpaired) electrons. The molecule has 0 aliphatic carbocycles. The molecule has 1 amide bonds. The number of hydrogen-bond donors (Lipinski definition) is 2. The summed E-state index contributed by atoms with van der Waals surface area (Å²) in [5, 5.41) is 2.86. The van der Waals surface area contributed by atoms with Crippen molar-refractivity contribution in [3.63, 3.8) is 0 Å². The van der Waals surface area contributed by atoms with Gasteiger partial charge in [0.1, 0.15) is 19.3 Å². The molecule has 2 heterocycles. The van der Waals surface area contributed by atoms with Crippen LogP contribution in [0.1, 0.15) is 12.8 Å². The molecule has 1 saturated heterocycles. The average molecular weight is 357 g/mol. The molecule has 7 heteroatoms. The number of nitrogens with one attached hydrogen (secondary N) is 1. The van der Waals surface area contributed by atoms with Crippen LogP contribution in [-0.2, 0) is 9.53 Å². The van der Waals surface area contributed by atoms with Gasteiger partial charge in [-0.05, 0) is 28.8 Å². The molecule has 0 aromatic heterocycles. The molecule has 2 atom stereocenters. The predicted molar refractivity (Wildman–Crippen MR) is 80.7 cm³/mol. The first-order valence-corrected chi connectivity index (χ1v) is 7.72. The Morgan fingerprint density at radius 1 is 1.29 bits per heavy atom. The van der Waals surface area contributed by atoms with Crippen molar-refractivity contribution < 1.29 is 19.0 Å². The quantitative estimate of drug-likeness (QED) is 0.860. The summed E-state index contributed by atoms with van der Waals surface area (Å²) in [7, 11) is 0. The zero-order valence-corrected chi connectivity index (χ0v) is 13.0. The number of carbonyl (C=O) groups excluding carboxylic acids is 1. The van der Waals surface area contributed by atoms with Crippen LogP contribution in [0.4, 0.5) is 5.69 Å². The molecule has 0 bridgehead atoms. The molecular formula is C14H17BrN2O4. The van der Waals surface area contributed by atoms with E-state index in [9.17, 15) is 4.79 Å². The van der Waals surface area contributed by atoms with Gasteiger partial charge in [-0.25, -0.2) is 0 Å². The van der Waals surface area contributed by atoms with Crippen molar-refractivity contribution >= 4 is 27.5 Å². The van der Waals surface area contributed by atoms with Gasteiger partial charge in [0.25, 0.3) is 5.91 Å². The number of fused-ring (bicyclic) bond motifs is 1. The summed E-state index contributed by atoms with van der Waals surface area (Å²) >= 11 is 3.43. The van der Waals surface area contributed by atoms with E-state index in [2.05, 4.69) is 21.2 Å². The lowest BCUT2D eigenvalue weighted by atomic mass is 10.2. The Morgan fingerprint density at radius 2 is 2.00 bits per heavy atom. The third kappa shape index (κ3) is 3.14. The van der Waals surface area contributed by atoms with Crippen LogP contribution in [0.3, 0.4) is 0 Å². The van der Waals surface area contributed by atoms with E-state index in [0.717, 1.165) is 10.9 Å². The van der Waals surface area contributed by atoms with Gasteiger partial charge < -0.3 is 25.3 Å². The van der Waals surface area contributed by atoms with Gasteiger partial charge in [0.15, 0.2) is 11.5 Å². The van der Waals surface area contributed by atoms with Crippen molar-refractivity contribution in [2.24, 2.45) is 5.73 Å². The smallest absolute Gasteiger partial charge is 0.253 e. The zero-order valence-electron chi connectivity index (χ0n) is 11.4. The second-order valence-electron chi connectivity index (χ2n) is 5.02. The molecule has 3 N–H and O–H groups in total.